The zero-order valence-electron chi connectivity index (χ0n) is 14.6. The molecule has 1 amide bonds. The Hall–Kier alpha value is -2.92. The molecule has 2 aromatic carbocycles. The number of carbonyl (C=O) groups is 1. The number of fused-ring (bicyclic) bond motifs is 1. The summed E-state index contributed by atoms with van der Waals surface area (Å²) in [6.45, 7) is 0.455. The molecule has 0 spiro atoms. The fourth-order valence-corrected chi connectivity index (χ4v) is 3.27. The lowest BCUT2D eigenvalue weighted by molar-refractivity contribution is -0.120. The molecule has 6 heteroatoms. The molecule has 4 rings (SSSR count). The number of amides is 1. The lowest BCUT2D eigenvalue weighted by atomic mass is 10.1. The van der Waals surface area contributed by atoms with Crippen LogP contribution < -0.4 is 10.1 Å². The van der Waals surface area contributed by atoms with Crippen LogP contribution in [0.25, 0.3) is 11.4 Å². The Labute approximate surface area is 162 Å². The summed E-state index contributed by atoms with van der Waals surface area (Å²) in [5.74, 6) is 1.41. The van der Waals surface area contributed by atoms with Crippen molar-refractivity contribution in [2.45, 2.75) is 18.9 Å². The minimum Gasteiger partial charge on any atom is -0.487 e. The van der Waals surface area contributed by atoms with E-state index in [4.69, 9.17) is 16.3 Å². The molecule has 5 nitrogen and oxygen atoms in total. The first-order chi connectivity index (χ1) is 13.2. The van der Waals surface area contributed by atoms with Crippen molar-refractivity contribution in [3.8, 4) is 17.1 Å². The van der Waals surface area contributed by atoms with Crippen LogP contribution in [0.15, 0.2) is 60.9 Å². The number of benzene rings is 2. The molecule has 1 aromatic heterocycles. The Morgan fingerprint density at radius 1 is 1.11 bits per heavy atom. The normalized spacial score (nSPS) is 15.1. The molecule has 0 saturated carbocycles. The lowest BCUT2D eigenvalue weighted by Gasteiger charge is -2.13. The van der Waals surface area contributed by atoms with Gasteiger partial charge in [0.1, 0.15) is 11.9 Å². The summed E-state index contributed by atoms with van der Waals surface area (Å²) in [6, 6.07) is 15.0. The van der Waals surface area contributed by atoms with Crippen LogP contribution in [-0.2, 0) is 17.6 Å². The van der Waals surface area contributed by atoms with Gasteiger partial charge in [0.2, 0.25) is 5.91 Å². The Kier molecular flexibility index (Phi) is 5.03. The Bertz CT molecular complexity index is 945. The van der Waals surface area contributed by atoms with Crippen molar-refractivity contribution < 1.29 is 9.53 Å². The number of hydrogen-bond acceptors (Lipinski definition) is 4. The van der Waals surface area contributed by atoms with Gasteiger partial charge in [0.25, 0.3) is 0 Å². The second kappa shape index (κ2) is 7.76. The second-order valence-electron chi connectivity index (χ2n) is 6.42. The molecule has 1 aliphatic rings. The SMILES string of the molecule is O=C(Cc1ccc(Cl)cc1)NC[C@@H]1Cc2cccc(-c3ncccn3)c2O1. The number of nitrogens with one attached hydrogen (secondary N) is 1. The third-order valence-corrected chi connectivity index (χ3v) is 4.69. The number of para-hydroxylation sites is 1. The third kappa shape index (κ3) is 4.09. The maximum absolute atomic E-state index is 12.2. The molecule has 136 valence electrons. The van der Waals surface area contributed by atoms with Crippen LogP contribution in [0.2, 0.25) is 5.02 Å². The highest BCUT2D eigenvalue weighted by molar-refractivity contribution is 6.30. The average molecular weight is 380 g/mol. The molecule has 0 radical (unpaired) electrons. The summed E-state index contributed by atoms with van der Waals surface area (Å²) in [6.07, 6.45) is 4.40. The van der Waals surface area contributed by atoms with Crippen LogP contribution in [0.1, 0.15) is 11.1 Å². The van der Waals surface area contributed by atoms with Gasteiger partial charge in [-0.1, -0.05) is 35.9 Å². The van der Waals surface area contributed by atoms with Gasteiger partial charge in [-0.2, -0.15) is 0 Å². The molecule has 2 heterocycles. The number of rotatable bonds is 5. The van der Waals surface area contributed by atoms with E-state index in [2.05, 4.69) is 15.3 Å². The van der Waals surface area contributed by atoms with Crippen LogP contribution in [0, 0.1) is 0 Å². The predicted octanol–water partition coefficient (Wildman–Crippen LogP) is 3.46. The third-order valence-electron chi connectivity index (χ3n) is 4.44. The van der Waals surface area contributed by atoms with E-state index >= 15 is 0 Å². The first-order valence-corrected chi connectivity index (χ1v) is 9.14. The van der Waals surface area contributed by atoms with Gasteiger partial charge in [0.15, 0.2) is 5.82 Å². The highest BCUT2D eigenvalue weighted by Gasteiger charge is 2.26. The fraction of sp³-hybridized carbons (Fsp3) is 0.190. The molecule has 0 aliphatic carbocycles. The number of hydrogen-bond donors (Lipinski definition) is 1. The number of halogens is 1. The van der Waals surface area contributed by atoms with Crippen molar-refractivity contribution in [3.63, 3.8) is 0 Å². The summed E-state index contributed by atoms with van der Waals surface area (Å²) in [5, 5.41) is 3.62. The van der Waals surface area contributed by atoms with Gasteiger partial charge >= 0.3 is 0 Å². The highest BCUT2D eigenvalue weighted by Crippen LogP contribution is 2.37. The van der Waals surface area contributed by atoms with Crippen molar-refractivity contribution in [1.82, 2.24) is 15.3 Å². The van der Waals surface area contributed by atoms with Gasteiger partial charge in [-0.15, -0.1) is 0 Å². The molecule has 1 aliphatic heterocycles. The van der Waals surface area contributed by atoms with Crippen molar-refractivity contribution in [3.05, 3.63) is 77.1 Å². The van der Waals surface area contributed by atoms with E-state index in [0.29, 0.717) is 23.8 Å². The predicted molar refractivity (Wildman–Crippen MR) is 104 cm³/mol. The van der Waals surface area contributed by atoms with E-state index in [9.17, 15) is 4.79 Å². The Balaban J connectivity index is 1.38. The van der Waals surface area contributed by atoms with Gasteiger partial charge < -0.3 is 10.1 Å². The van der Waals surface area contributed by atoms with E-state index in [1.165, 1.54) is 0 Å². The molecule has 0 unspecified atom stereocenters. The van der Waals surface area contributed by atoms with Crippen molar-refractivity contribution >= 4 is 17.5 Å². The summed E-state index contributed by atoms with van der Waals surface area (Å²) in [4.78, 5) is 20.8. The minimum absolute atomic E-state index is 0.0384. The maximum atomic E-state index is 12.2. The zero-order valence-corrected chi connectivity index (χ0v) is 15.3. The van der Waals surface area contributed by atoms with Crippen molar-refractivity contribution in [2.24, 2.45) is 0 Å². The first-order valence-electron chi connectivity index (χ1n) is 8.76. The smallest absolute Gasteiger partial charge is 0.224 e. The van der Waals surface area contributed by atoms with Gasteiger partial charge in [-0.05, 0) is 35.4 Å². The van der Waals surface area contributed by atoms with Gasteiger partial charge in [-0.25, -0.2) is 9.97 Å². The largest absolute Gasteiger partial charge is 0.487 e. The van der Waals surface area contributed by atoms with Crippen LogP contribution in [0.3, 0.4) is 0 Å². The Morgan fingerprint density at radius 2 is 1.89 bits per heavy atom. The molecule has 0 fully saturated rings. The fourth-order valence-electron chi connectivity index (χ4n) is 3.14. The number of aromatic nitrogens is 2. The van der Waals surface area contributed by atoms with Crippen molar-refractivity contribution in [1.29, 1.82) is 0 Å². The molecule has 1 atom stereocenters. The van der Waals surface area contributed by atoms with Crippen LogP contribution in [0.4, 0.5) is 0 Å². The van der Waals surface area contributed by atoms with Crippen LogP contribution >= 0.6 is 11.6 Å². The van der Waals surface area contributed by atoms with Crippen LogP contribution in [0.5, 0.6) is 5.75 Å². The molecular weight excluding hydrogens is 362 g/mol. The molecule has 3 aromatic rings. The number of carbonyl (C=O) groups excluding carboxylic acids is 1. The number of ether oxygens (including phenoxy) is 1. The lowest BCUT2D eigenvalue weighted by Crippen LogP contribution is -2.35. The number of nitrogens with zero attached hydrogens (tertiary/aromatic N) is 2. The standard InChI is InChI=1S/C21H18ClN3O2/c22-16-7-5-14(6-8-16)11-19(26)25-13-17-12-15-3-1-4-18(20(15)27-17)21-23-9-2-10-24-21/h1-10,17H,11-13H2,(H,25,26)/t17-/m0/s1. The minimum atomic E-state index is -0.0981. The van der Waals surface area contributed by atoms with Crippen LogP contribution in [-0.4, -0.2) is 28.5 Å². The average Bonchev–Trinajstić information content (AvgIpc) is 3.12. The second-order valence-corrected chi connectivity index (χ2v) is 6.85. The summed E-state index contributed by atoms with van der Waals surface area (Å²) in [7, 11) is 0. The summed E-state index contributed by atoms with van der Waals surface area (Å²) in [5.41, 5.74) is 2.91. The van der Waals surface area contributed by atoms with E-state index in [-0.39, 0.29) is 12.0 Å². The van der Waals surface area contributed by atoms with Gasteiger partial charge in [0, 0.05) is 23.8 Å². The maximum Gasteiger partial charge on any atom is 0.224 e. The molecule has 0 saturated heterocycles. The molecular formula is C21H18ClN3O2. The zero-order chi connectivity index (χ0) is 18.6. The quantitative estimate of drug-likeness (QED) is 0.737. The summed E-state index contributed by atoms with van der Waals surface area (Å²) < 4.78 is 6.10. The molecule has 1 N–H and O–H groups in total. The van der Waals surface area contributed by atoms with E-state index in [0.717, 1.165) is 28.9 Å². The molecule has 0 bridgehead atoms. The van der Waals surface area contributed by atoms with Crippen molar-refractivity contribution in [2.75, 3.05) is 6.54 Å². The molecule has 27 heavy (non-hydrogen) atoms. The highest BCUT2D eigenvalue weighted by atomic mass is 35.5. The summed E-state index contributed by atoms with van der Waals surface area (Å²) >= 11 is 5.87. The Morgan fingerprint density at radius 3 is 2.67 bits per heavy atom. The van der Waals surface area contributed by atoms with E-state index < -0.39 is 0 Å². The van der Waals surface area contributed by atoms with E-state index in [1.54, 1.807) is 30.6 Å². The first kappa shape index (κ1) is 17.5. The monoisotopic (exact) mass is 379 g/mol. The van der Waals surface area contributed by atoms with E-state index in [1.807, 2.05) is 30.3 Å². The van der Waals surface area contributed by atoms with Gasteiger partial charge in [-0.3, -0.25) is 4.79 Å². The topological polar surface area (TPSA) is 64.1 Å². The van der Waals surface area contributed by atoms with Gasteiger partial charge in [0.05, 0.1) is 18.5 Å².